The molecule has 9 nitrogen and oxygen atoms in total. The predicted octanol–water partition coefficient (Wildman–Crippen LogP) is 4.63. The van der Waals surface area contributed by atoms with Crippen LogP contribution in [0.4, 0.5) is 10.1 Å². The SMILES string of the molecule is O=C(O)c1cnc(CCc2ccc(N3C(=O)[C@H](CC[C@H](O)c4ccc(F)cc4)[C@H]3c3ccc(CCC(O)(CO)CO)cc3)cc2)s1. The first-order valence-corrected chi connectivity index (χ1v) is 16.0. The highest BCUT2D eigenvalue weighted by atomic mass is 32.1. The third-order valence-electron chi connectivity index (χ3n) is 8.62. The van der Waals surface area contributed by atoms with Crippen LogP contribution in [0.5, 0.6) is 0 Å². The topological polar surface area (TPSA) is 151 Å². The lowest BCUT2D eigenvalue weighted by atomic mass is 9.78. The molecule has 1 aliphatic rings. The van der Waals surface area contributed by atoms with E-state index in [1.165, 1.54) is 18.3 Å². The Labute approximate surface area is 270 Å². The second kappa shape index (κ2) is 14.6. The van der Waals surface area contributed by atoms with E-state index in [1.54, 1.807) is 17.0 Å². The molecule has 0 bridgehead atoms. The van der Waals surface area contributed by atoms with Gasteiger partial charge >= 0.3 is 5.97 Å². The number of halogens is 1. The second-order valence-corrected chi connectivity index (χ2v) is 12.9. The fourth-order valence-electron chi connectivity index (χ4n) is 5.75. The molecule has 0 aliphatic carbocycles. The number of anilines is 1. The molecule has 1 amide bonds. The molecule has 3 aromatic carbocycles. The third kappa shape index (κ3) is 7.68. The predicted molar refractivity (Wildman–Crippen MR) is 171 cm³/mol. The van der Waals surface area contributed by atoms with E-state index < -0.39 is 30.9 Å². The van der Waals surface area contributed by atoms with E-state index in [-0.39, 0.29) is 35.0 Å². The molecule has 1 fully saturated rings. The first-order valence-electron chi connectivity index (χ1n) is 15.2. The first kappa shape index (κ1) is 33.4. The molecular formula is C35H37FN2O7S. The molecule has 1 aliphatic heterocycles. The van der Waals surface area contributed by atoms with Crippen molar-refractivity contribution in [3.8, 4) is 0 Å². The van der Waals surface area contributed by atoms with Gasteiger partial charge in [-0.05, 0) is 78.6 Å². The Balaban J connectivity index is 1.31. The third-order valence-corrected chi connectivity index (χ3v) is 9.66. The number of hydrogen-bond donors (Lipinski definition) is 5. The number of carbonyl (C=O) groups excluding carboxylic acids is 1. The van der Waals surface area contributed by atoms with Gasteiger partial charge in [0.2, 0.25) is 5.91 Å². The standard InChI is InChI=1S/C35H37FN2O7S/c36-26-10-8-24(9-11-26)29(41)15-14-28-32(25-6-1-23(2-7-25)17-18-35(45,20-39)21-40)38(33(28)42)27-12-3-22(4-13-27)5-16-31-37-19-30(46-31)34(43)44/h1-4,6-13,19,28-29,32,39-41,45H,5,14-18,20-21H2,(H,43,44)/t28-,29+,32-/m1/s1. The number of amides is 1. The maximum absolute atomic E-state index is 13.6. The lowest BCUT2D eigenvalue weighted by molar-refractivity contribution is -0.131. The van der Waals surface area contributed by atoms with Crippen molar-refractivity contribution in [3.63, 3.8) is 0 Å². The molecule has 4 aromatic rings. The molecule has 5 rings (SSSR count). The van der Waals surface area contributed by atoms with Crippen molar-refractivity contribution >= 4 is 28.9 Å². The summed E-state index contributed by atoms with van der Waals surface area (Å²) in [6.45, 7) is -1.08. The lowest BCUT2D eigenvalue weighted by Gasteiger charge is -2.48. The largest absolute Gasteiger partial charge is 0.477 e. The van der Waals surface area contributed by atoms with Gasteiger partial charge in [0.1, 0.15) is 16.3 Å². The molecule has 11 heteroatoms. The number of aliphatic hydroxyl groups is 4. The Hall–Kier alpha value is -4.00. The van der Waals surface area contributed by atoms with Gasteiger partial charge in [0, 0.05) is 12.1 Å². The summed E-state index contributed by atoms with van der Waals surface area (Å²) in [5.41, 5.74) is 2.60. The smallest absolute Gasteiger partial charge is 0.347 e. The number of aryl methyl sites for hydroxylation is 3. The van der Waals surface area contributed by atoms with Crippen molar-refractivity contribution in [2.75, 3.05) is 18.1 Å². The van der Waals surface area contributed by atoms with Crippen molar-refractivity contribution in [2.24, 2.45) is 5.92 Å². The summed E-state index contributed by atoms with van der Waals surface area (Å²) < 4.78 is 13.4. The number of aromatic nitrogens is 1. The molecule has 1 saturated heterocycles. The van der Waals surface area contributed by atoms with Crippen LogP contribution in [0.1, 0.15) is 68.3 Å². The number of benzene rings is 3. The molecule has 1 aromatic heterocycles. The Morgan fingerprint density at radius 3 is 2.17 bits per heavy atom. The summed E-state index contributed by atoms with van der Waals surface area (Å²) in [7, 11) is 0. The number of aromatic carboxylic acids is 1. The minimum absolute atomic E-state index is 0.0620. The molecule has 242 valence electrons. The van der Waals surface area contributed by atoms with Crippen LogP contribution in [0.2, 0.25) is 0 Å². The highest BCUT2D eigenvalue weighted by Crippen LogP contribution is 2.46. The fraction of sp³-hybridized carbons (Fsp3) is 0.343. The average Bonchev–Trinajstić information content (AvgIpc) is 3.56. The fourth-order valence-corrected chi connectivity index (χ4v) is 6.51. The minimum Gasteiger partial charge on any atom is -0.477 e. The maximum atomic E-state index is 13.6. The molecular weight excluding hydrogens is 611 g/mol. The van der Waals surface area contributed by atoms with Crippen LogP contribution in [0.3, 0.4) is 0 Å². The second-order valence-electron chi connectivity index (χ2n) is 11.8. The Morgan fingerprint density at radius 1 is 0.935 bits per heavy atom. The molecule has 0 spiro atoms. The van der Waals surface area contributed by atoms with Crippen LogP contribution in [0.25, 0.3) is 0 Å². The van der Waals surface area contributed by atoms with Gasteiger partial charge in [0.05, 0.1) is 42.5 Å². The van der Waals surface area contributed by atoms with Crippen LogP contribution in [0.15, 0.2) is 79.0 Å². The number of carbonyl (C=O) groups is 2. The summed E-state index contributed by atoms with van der Waals surface area (Å²) >= 11 is 1.16. The van der Waals surface area contributed by atoms with Crippen LogP contribution in [-0.2, 0) is 24.1 Å². The Morgan fingerprint density at radius 2 is 1.57 bits per heavy atom. The number of nitrogens with zero attached hydrogens (tertiary/aromatic N) is 2. The average molecular weight is 649 g/mol. The highest BCUT2D eigenvalue weighted by molar-refractivity contribution is 7.13. The zero-order valence-electron chi connectivity index (χ0n) is 25.1. The van der Waals surface area contributed by atoms with Gasteiger partial charge in [0.15, 0.2) is 0 Å². The number of β-lactam (4-membered cyclic amide) rings is 1. The number of aliphatic hydroxyl groups excluding tert-OH is 3. The summed E-state index contributed by atoms with van der Waals surface area (Å²) in [5.74, 6) is -1.82. The number of rotatable bonds is 15. The molecule has 0 unspecified atom stereocenters. The summed E-state index contributed by atoms with van der Waals surface area (Å²) in [6.07, 6.45) is 3.16. The van der Waals surface area contributed by atoms with Crippen molar-refractivity contribution in [3.05, 3.63) is 117 Å². The molecule has 3 atom stereocenters. The molecule has 0 saturated carbocycles. The van der Waals surface area contributed by atoms with E-state index in [1.807, 2.05) is 48.5 Å². The van der Waals surface area contributed by atoms with Crippen LogP contribution in [0, 0.1) is 11.7 Å². The van der Waals surface area contributed by atoms with E-state index in [0.717, 1.165) is 38.7 Å². The Bertz CT molecular complexity index is 1620. The normalized spacial score (nSPS) is 17.2. The van der Waals surface area contributed by atoms with Gasteiger partial charge in [-0.2, -0.15) is 0 Å². The number of carboxylic acid groups (broad SMARTS) is 1. The van der Waals surface area contributed by atoms with Crippen molar-refractivity contribution in [1.29, 1.82) is 0 Å². The van der Waals surface area contributed by atoms with Gasteiger partial charge < -0.3 is 30.4 Å². The zero-order chi connectivity index (χ0) is 32.8. The Kier molecular flexibility index (Phi) is 10.6. The number of carboxylic acids is 1. The summed E-state index contributed by atoms with van der Waals surface area (Å²) in [4.78, 5) is 30.9. The van der Waals surface area contributed by atoms with Crippen molar-refractivity contribution in [2.45, 2.75) is 56.3 Å². The van der Waals surface area contributed by atoms with E-state index in [2.05, 4.69) is 4.98 Å². The van der Waals surface area contributed by atoms with Gasteiger partial charge in [-0.3, -0.25) is 4.79 Å². The van der Waals surface area contributed by atoms with Crippen LogP contribution < -0.4 is 4.90 Å². The van der Waals surface area contributed by atoms with Crippen molar-refractivity contribution < 1.29 is 39.5 Å². The van der Waals surface area contributed by atoms with E-state index in [4.69, 9.17) is 5.11 Å². The minimum atomic E-state index is -1.56. The molecule has 0 radical (unpaired) electrons. The van der Waals surface area contributed by atoms with E-state index in [0.29, 0.717) is 37.7 Å². The number of hydrogen-bond acceptors (Lipinski definition) is 8. The van der Waals surface area contributed by atoms with Crippen molar-refractivity contribution in [1.82, 2.24) is 4.98 Å². The zero-order valence-corrected chi connectivity index (χ0v) is 25.9. The van der Waals surface area contributed by atoms with Gasteiger partial charge in [-0.1, -0.05) is 48.5 Å². The number of thiazole rings is 1. The quantitative estimate of drug-likeness (QED) is 0.117. The van der Waals surface area contributed by atoms with Gasteiger partial charge in [-0.25, -0.2) is 14.2 Å². The summed E-state index contributed by atoms with van der Waals surface area (Å²) in [6, 6.07) is 20.8. The lowest BCUT2D eigenvalue weighted by Crippen LogP contribution is -2.55. The van der Waals surface area contributed by atoms with Crippen LogP contribution >= 0.6 is 11.3 Å². The van der Waals surface area contributed by atoms with E-state index >= 15 is 0 Å². The molecule has 5 N–H and O–H groups in total. The summed E-state index contributed by atoms with van der Waals surface area (Å²) in [5, 5.41) is 49.7. The first-order chi connectivity index (χ1) is 22.1. The highest BCUT2D eigenvalue weighted by Gasteiger charge is 2.48. The van der Waals surface area contributed by atoms with E-state index in [9.17, 15) is 34.4 Å². The molecule has 2 heterocycles. The monoisotopic (exact) mass is 648 g/mol. The molecule has 46 heavy (non-hydrogen) atoms. The van der Waals surface area contributed by atoms with Crippen LogP contribution in [-0.4, -0.2) is 61.2 Å². The van der Waals surface area contributed by atoms with Gasteiger partial charge in [-0.15, -0.1) is 11.3 Å². The maximum Gasteiger partial charge on any atom is 0.347 e. The van der Waals surface area contributed by atoms with Gasteiger partial charge in [0.25, 0.3) is 0 Å².